The molecule has 0 fully saturated rings. The quantitative estimate of drug-likeness (QED) is 0.392. The Hall–Kier alpha value is -3.78. The van der Waals surface area contributed by atoms with Crippen molar-refractivity contribution in [2.24, 2.45) is 7.05 Å². The van der Waals surface area contributed by atoms with E-state index in [1.807, 2.05) is 25.1 Å². The number of nitrogens with zero attached hydrogens (tertiary/aromatic N) is 5. The zero-order valence-electron chi connectivity index (χ0n) is 21.8. The van der Waals surface area contributed by atoms with Gasteiger partial charge in [0, 0.05) is 44.4 Å². The first-order valence-corrected chi connectivity index (χ1v) is 12.8. The zero-order valence-corrected chi connectivity index (χ0v) is 21.8. The summed E-state index contributed by atoms with van der Waals surface area (Å²) in [6.07, 6.45) is 2.81. The van der Waals surface area contributed by atoms with E-state index in [0.29, 0.717) is 11.2 Å². The van der Waals surface area contributed by atoms with Crippen molar-refractivity contribution in [1.82, 2.24) is 24.9 Å². The average molecular weight is 500 g/mol. The lowest BCUT2D eigenvalue weighted by Crippen LogP contribution is -2.32. The van der Waals surface area contributed by atoms with Crippen LogP contribution in [0.5, 0.6) is 5.75 Å². The van der Waals surface area contributed by atoms with Crippen LogP contribution in [-0.4, -0.2) is 48.6 Å². The third kappa shape index (κ3) is 5.06. The lowest BCUT2D eigenvalue weighted by molar-refractivity contribution is -0.137. The molecule has 37 heavy (non-hydrogen) atoms. The van der Waals surface area contributed by atoms with Crippen molar-refractivity contribution in [3.05, 3.63) is 82.0 Å². The number of rotatable bonds is 7. The van der Waals surface area contributed by atoms with Gasteiger partial charge in [0.15, 0.2) is 5.65 Å². The van der Waals surface area contributed by atoms with Crippen molar-refractivity contribution < 1.29 is 14.6 Å². The standard InChI is InChI=1S/C29H33N5O3/c1-5-23-17-34(15-21-8-6-7-9-26(21)37-23)16-22-12-20(11-10-18(22)2)24(13-27(35)36)25-14-30-29-28(19(25)3)31-32-33(29)4/h6-12,14,23-24H,5,13,15-17H2,1-4H3,(H,35,36)/t23-,24?/m1/s1. The number of hydrogen-bond donors (Lipinski definition) is 1. The van der Waals surface area contributed by atoms with E-state index in [-0.39, 0.29) is 18.4 Å². The largest absolute Gasteiger partial charge is 0.489 e. The summed E-state index contributed by atoms with van der Waals surface area (Å²) < 4.78 is 7.93. The Labute approximate surface area is 216 Å². The highest BCUT2D eigenvalue weighted by Gasteiger charge is 2.25. The van der Waals surface area contributed by atoms with Crippen molar-refractivity contribution in [2.75, 3.05) is 6.54 Å². The molecule has 0 spiro atoms. The van der Waals surface area contributed by atoms with Crippen LogP contribution in [0.15, 0.2) is 48.7 Å². The van der Waals surface area contributed by atoms with E-state index in [1.54, 1.807) is 17.9 Å². The van der Waals surface area contributed by atoms with Gasteiger partial charge in [0.05, 0.1) is 6.42 Å². The maximum atomic E-state index is 12.0. The second-order valence-corrected chi connectivity index (χ2v) is 9.99. The molecule has 3 heterocycles. The van der Waals surface area contributed by atoms with E-state index in [0.717, 1.165) is 48.5 Å². The summed E-state index contributed by atoms with van der Waals surface area (Å²) in [5.74, 6) is -0.226. The van der Waals surface area contributed by atoms with E-state index in [4.69, 9.17) is 4.74 Å². The maximum absolute atomic E-state index is 12.0. The second kappa shape index (κ2) is 10.3. The molecule has 5 rings (SSSR count). The van der Waals surface area contributed by atoms with E-state index in [9.17, 15) is 9.90 Å². The number of ether oxygens (including phenoxy) is 1. The normalized spacial score (nSPS) is 16.7. The first-order valence-electron chi connectivity index (χ1n) is 12.8. The monoisotopic (exact) mass is 499 g/mol. The van der Waals surface area contributed by atoms with Crippen LogP contribution in [0.4, 0.5) is 0 Å². The highest BCUT2D eigenvalue weighted by atomic mass is 16.5. The van der Waals surface area contributed by atoms with Gasteiger partial charge in [-0.15, -0.1) is 5.10 Å². The molecule has 1 aliphatic rings. The minimum atomic E-state index is -0.849. The molecule has 1 N–H and O–H groups in total. The third-order valence-corrected chi connectivity index (χ3v) is 7.41. The predicted octanol–water partition coefficient (Wildman–Crippen LogP) is 4.76. The van der Waals surface area contributed by atoms with Gasteiger partial charge in [0.1, 0.15) is 17.4 Å². The fraction of sp³-hybridized carbons (Fsp3) is 0.379. The van der Waals surface area contributed by atoms with Crippen molar-refractivity contribution >= 4 is 17.1 Å². The predicted molar refractivity (Wildman–Crippen MR) is 142 cm³/mol. The first kappa shape index (κ1) is 24.9. The number of carbonyl (C=O) groups is 1. The minimum Gasteiger partial charge on any atom is -0.489 e. The van der Waals surface area contributed by atoms with E-state index < -0.39 is 5.97 Å². The number of hydrogen-bond acceptors (Lipinski definition) is 6. The molecule has 0 bridgehead atoms. The summed E-state index contributed by atoms with van der Waals surface area (Å²) in [5, 5.41) is 18.2. The number of carboxylic acid groups (broad SMARTS) is 1. The Morgan fingerprint density at radius 3 is 2.81 bits per heavy atom. The molecule has 1 aliphatic heterocycles. The van der Waals surface area contributed by atoms with Gasteiger partial charge < -0.3 is 9.84 Å². The molecule has 2 atom stereocenters. The summed E-state index contributed by atoms with van der Waals surface area (Å²) >= 11 is 0. The van der Waals surface area contributed by atoms with Crippen LogP contribution in [0.25, 0.3) is 11.2 Å². The Morgan fingerprint density at radius 1 is 1.22 bits per heavy atom. The van der Waals surface area contributed by atoms with Crippen molar-refractivity contribution in [2.45, 2.75) is 58.7 Å². The second-order valence-electron chi connectivity index (χ2n) is 9.99. The smallest absolute Gasteiger partial charge is 0.304 e. The SMILES string of the molecule is CC[C@@H]1CN(Cc2cc(C(CC(=O)O)c3cnc4c(nnn4C)c3C)ccc2C)Cc2ccccc2O1. The molecule has 2 aromatic heterocycles. The lowest BCUT2D eigenvalue weighted by Gasteiger charge is -2.25. The highest BCUT2D eigenvalue weighted by molar-refractivity contribution is 5.76. The molecule has 192 valence electrons. The number of fused-ring (bicyclic) bond motifs is 2. The van der Waals surface area contributed by atoms with Crippen LogP contribution in [0.3, 0.4) is 0 Å². The summed E-state index contributed by atoms with van der Waals surface area (Å²) in [7, 11) is 1.80. The molecule has 1 unspecified atom stereocenters. The molecule has 8 heteroatoms. The first-order chi connectivity index (χ1) is 17.8. The Morgan fingerprint density at radius 2 is 2.03 bits per heavy atom. The summed E-state index contributed by atoms with van der Waals surface area (Å²) in [6, 6.07) is 14.6. The molecule has 8 nitrogen and oxygen atoms in total. The third-order valence-electron chi connectivity index (χ3n) is 7.41. The van der Waals surface area contributed by atoms with E-state index in [2.05, 4.69) is 58.3 Å². The maximum Gasteiger partial charge on any atom is 0.304 e. The lowest BCUT2D eigenvalue weighted by atomic mass is 9.85. The number of benzene rings is 2. The molecule has 0 radical (unpaired) electrons. The zero-order chi connectivity index (χ0) is 26.1. The van der Waals surface area contributed by atoms with Gasteiger partial charge in [-0.2, -0.15) is 0 Å². The van der Waals surface area contributed by atoms with Gasteiger partial charge in [0.2, 0.25) is 0 Å². The topological polar surface area (TPSA) is 93.4 Å². The number of aliphatic carboxylic acids is 1. The summed E-state index contributed by atoms with van der Waals surface area (Å²) in [5.41, 5.74) is 7.71. The number of aryl methyl sites for hydroxylation is 3. The fourth-order valence-corrected chi connectivity index (χ4v) is 5.25. The summed E-state index contributed by atoms with van der Waals surface area (Å²) in [6.45, 7) is 8.64. The number of para-hydroxylation sites is 1. The molecule has 0 aliphatic carbocycles. The van der Waals surface area contributed by atoms with Crippen LogP contribution in [-0.2, 0) is 24.9 Å². The number of carboxylic acids is 1. The Kier molecular flexibility index (Phi) is 6.93. The van der Waals surface area contributed by atoms with Crippen molar-refractivity contribution in [3.8, 4) is 5.75 Å². The van der Waals surface area contributed by atoms with Gasteiger partial charge in [-0.05, 0) is 54.2 Å². The van der Waals surface area contributed by atoms with E-state index in [1.165, 1.54) is 16.7 Å². The van der Waals surface area contributed by atoms with Crippen LogP contribution < -0.4 is 4.74 Å². The van der Waals surface area contributed by atoms with Crippen LogP contribution in [0, 0.1) is 13.8 Å². The number of pyridine rings is 1. The highest BCUT2D eigenvalue weighted by Crippen LogP contribution is 2.34. The average Bonchev–Trinajstić information content (AvgIpc) is 3.16. The van der Waals surface area contributed by atoms with Gasteiger partial charge in [-0.1, -0.05) is 48.5 Å². The van der Waals surface area contributed by atoms with Gasteiger partial charge in [-0.3, -0.25) is 9.69 Å². The van der Waals surface area contributed by atoms with Gasteiger partial charge in [-0.25, -0.2) is 9.67 Å². The minimum absolute atomic E-state index is 0.0281. The Bertz CT molecular complexity index is 1450. The van der Waals surface area contributed by atoms with Crippen LogP contribution in [0.1, 0.15) is 59.1 Å². The van der Waals surface area contributed by atoms with E-state index >= 15 is 0 Å². The fourth-order valence-electron chi connectivity index (χ4n) is 5.25. The number of aromatic nitrogens is 4. The molecule has 2 aromatic carbocycles. The molecule has 0 saturated carbocycles. The van der Waals surface area contributed by atoms with Crippen molar-refractivity contribution in [3.63, 3.8) is 0 Å². The van der Waals surface area contributed by atoms with Crippen LogP contribution >= 0.6 is 0 Å². The molecular formula is C29H33N5O3. The molecule has 0 saturated heterocycles. The van der Waals surface area contributed by atoms with Gasteiger partial charge >= 0.3 is 5.97 Å². The molecular weight excluding hydrogens is 466 g/mol. The molecule has 4 aromatic rings. The van der Waals surface area contributed by atoms with Crippen molar-refractivity contribution in [1.29, 1.82) is 0 Å². The van der Waals surface area contributed by atoms with Crippen LogP contribution in [0.2, 0.25) is 0 Å². The summed E-state index contributed by atoms with van der Waals surface area (Å²) in [4.78, 5) is 18.9. The Balaban J connectivity index is 1.50. The van der Waals surface area contributed by atoms with Gasteiger partial charge in [0.25, 0.3) is 0 Å². The molecule has 0 amide bonds.